The maximum absolute atomic E-state index is 12.3. The molecule has 0 fully saturated rings. The van der Waals surface area contributed by atoms with Gasteiger partial charge in [-0.05, 0) is 50.1 Å². The summed E-state index contributed by atoms with van der Waals surface area (Å²) in [4.78, 5) is 29.8. The molecule has 0 N–H and O–H groups in total. The highest BCUT2D eigenvalue weighted by Gasteiger charge is 2.38. The second kappa shape index (κ2) is 4.54. The molecule has 0 saturated heterocycles. The van der Waals surface area contributed by atoms with Gasteiger partial charge in [-0.1, -0.05) is 12.1 Å². The first-order valence-corrected chi connectivity index (χ1v) is 6.97. The van der Waals surface area contributed by atoms with E-state index in [-0.39, 0.29) is 11.8 Å². The molecule has 0 atom stereocenters. The highest BCUT2D eigenvalue weighted by atomic mass is 79.9. The third-order valence-corrected chi connectivity index (χ3v) is 4.80. The highest BCUT2D eigenvalue weighted by molar-refractivity contribution is 9.13. The van der Waals surface area contributed by atoms with E-state index >= 15 is 0 Å². The van der Waals surface area contributed by atoms with Gasteiger partial charge in [0, 0.05) is 10.7 Å². The Morgan fingerprint density at radius 3 is 2.11 bits per heavy atom. The molecule has 4 nitrogen and oxygen atoms in total. The van der Waals surface area contributed by atoms with Crippen molar-refractivity contribution in [1.82, 2.24) is 4.98 Å². The Bertz CT molecular complexity index is 681. The number of aromatic nitrogens is 1. The molecule has 2 aromatic rings. The molecular weight excluding hydrogens is 376 g/mol. The molecule has 3 rings (SSSR count). The molecule has 0 aliphatic carbocycles. The van der Waals surface area contributed by atoms with Crippen molar-refractivity contribution >= 4 is 49.5 Å². The van der Waals surface area contributed by atoms with Crippen LogP contribution in [0.1, 0.15) is 20.7 Å². The average Bonchev–Trinajstić information content (AvgIpc) is 2.67. The number of hydrogen-bond donors (Lipinski definition) is 0. The van der Waals surface area contributed by atoms with E-state index in [4.69, 9.17) is 0 Å². The third-order valence-electron chi connectivity index (χ3n) is 2.83. The number of carbonyl (C=O) groups excluding carboxylic acids is 2. The summed E-state index contributed by atoms with van der Waals surface area (Å²) < 4.78 is 1.30. The van der Waals surface area contributed by atoms with E-state index in [0.29, 0.717) is 21.4 Å². The number of anilines is 1. The number of fused-ring (bicyclic) bond motifs is 1. The molecule has 0 unspecified atom stereocenters. The van der Waals surface area contributed by atoms with E-state index in [1.807, 2.05) is 0 Å². The summed E-state index contributed by atoms with van der Waals surface area (Å²) in [5.41, 5.74) is 0.808. The Labute approximate surface area is 125 Å². The minimum atomic E-state index is -0.355. The Morgan fingerprint density at radius 2 is 1.53 bits per heavy atom. The standard InChI is InChI=1S/C13H6Br2N2O2/c14-9-5-6-16-11(10(9)15)17-12(18)7-3-1-2-4-8(7)13(17)19/h1-6H. The maximum Gasteiger partial charge on any atom is 0.267 e. The summed E-state index contributed by atoms with van der Waals surface area (Å²) in [6, 6.07) is 8.47. The van der Waals surface area contributed by atoms with E-state index < -0.39 is 0 Å². The fourth-order valence-corrected chi connectivity index (χ4v) is 2.65. The number of imide groups is 1. The van der Waals surface area contributed by atoms with Crippen molar-refractivity contribution in [2.24, 2.45) is 0 Å². The predicted octanol–water partition coefficient (Wildman–Crippen LogP) is 3.41. The Morgan fingerprint density at radius 1 is 0.947 bits per heavy atom. The molecule has 6 heteroatoms. The lowest BCUT2D eigenvalue weighted by Gasteiger charge is -2.14. The Kier molecular flexibility index (Phi) is 2.99. The number of rotatable bonds is 1. The molecule has 0 radical (unpaired) electrons. The van der Waals surface area contributed by atoms with Gasteiger partial charge in [-0.3, -0.25) is 9.59 Å². The summed E-state index contributed by atoms with van der Waals surface area (Å²) in [7, 11) is 0. The number of hydrogen-bond acceptors (Lipinski definition) is 3. The van der Waals surface area contributed by atoms with Gasteiger partial charge in [0.25, 0.3) is 11.8 Å². The summed E-state index contributed by atoms with van der Waals surface area (Å²) in [5.74, 6) is -0.417. The molecule has 2 amide bonds. The minimum Gasteiger partial charge on any atom is -0.268 e. The van der Waals surface area contributed by atoms with Crippen molar-refractivity contribution in [3.05, 3.63) is 56.6 Å². The van der Waals surface area contributed by atoms with Gasteiger partial charge in [-0.15, -0.1) is 0 Å². The van der Waals surface area contributed by atoms with E-state index in [2.05, 4.69) is 36.8 Å². The number of pyridine rings is 1. The van der Waals surface area contributed by atoms with Crippen molar-refractivity contribution in [3.63, 3.8) is 0 Å². The van der Waals surface area contributed by atoms with Crippen LogP contribution in [0.25, 0.3) is 0 Å². The summed E-state index contributed by atoms with van der Waals surface area (Å²) in [6.07, 6.45) is 1.54. The summed E-state index contributed by atoms with van der Waals surface area (Å²) >= 11 is 6.67. The van der Waals surface area contributed by atoms with Gasteiger partial charge < -0.3 is 0 Å². The number of carbonyl (C=O) groups is 2. The zero-order valence-corrected chi connectivity index (χ0v) is 12.6. The third kappa shape index (κ3) is 1.82. The van der Waals surface area contributed by atoms with Gasteiger partial charge >= 0.3 is 0 Å². The highest BCUT2D eigenvalue weighted by Crippen LogP contribution is 2.35. The second-order valence-electron chi connectivity index (χ2n) is 3.92. The van der Waals surface area contributed by atoms with Crippen LogP contribution in [0.5, 0.6) is 0 Å². The fraction of sp³-hybridized carbons (Fsp3) is 0. The largest absolute Gasteiger partial charge is 0.268 e. The molecule has 0 saturated carbocycles. The Balaban J connectivity index is 2.17. The summed E-state index contributed by atoms with van der Waals surface area (Å²) in [6.45, 7) is 0. The fourth-order valence-electron chi connectivity index (χ4n) is 1.95. The van der Waals surface area contributed by atoms with Crippen molar-refractivity contribution in [2.75, 3.05) is 4.90 Å². The molecule has 1 aliphatic heterocycles. The number of nitrogens with zero attached hydrogens (tertiary/aromatic N) is 2. The Hall–Kier alpha value is -1.53. The molecule has 94 valence electrons. The van der Waals surface area contributed by atoms with Crippen molar-refractivity contribution in [1.29, 1.82) is 0 Å². The van der Waals surface area contributed by atoms with Gasteiger partial charge in [0.1, 0.15) is 0 Å². The van der Waals surface area contributed by atoms with E-state index in [9.17, 15) is 9.59 Å². The van der Waals surface area contributed by atoms with Gasteiger partial charge in [-0.25, -0.2) is 9.88 Å². The van der Waals surface area contributed by atoms with Crippen molar-refractivity contribution in [3.8, 4) is 0 Å². The molecule has 19 heavy (non-hydrogen) atoms. The first-order chi connectivity index (χ1) is 9.11. The quantitative estimate of drug-likeness (QED) is 0.711. The smallest absolute Gasteiger partial charge is 0.267 e. The van der Waals surface area contributed by atoms with Gasteiger partial charge in [0.2, 0.25) is 0 Å². The minimum absolute atomic E-state index is 0.292. The number of benzene rings is 1. The van der Waals surface area contributed by atoms with Crippen LogP contribution in [0, 0.1) is 0 Å². The first-order valence-electron chi connectivity index (χ1n) is 5.39. The molecule has 1 aliphatic rings. The van der Waals surface area contributed by atoms with E-state index in [0.717, 1.165) is 9.37 Å². The first kappa shape index (κ1) is 12.5. The topological polar surface area (TPSA) is 50.3 Å². The maximum atomic E-state index is 12.3. The zero-order chi connectivity index (χ0) is 13.6. The molecule has 0 bridgehead atoms. The van der Waals surface area contributed by atoms with Crippen LogP contribution in [0.15, 0.2) is 45.5 Å². The SMILES string of the molecule is O=C1c2ccccc2C(=O)N1c1nccc(Br)c1Br. The molecular formula is C13H6Br2N2O2. The van der Waals surface area contributed by atoms with Crippen LogP contribution in [-0.4, -0.2) is 16.8 Å². The molecule has 2 heterocycles. The predicted molar refractivity (Wildman–Crippen MR) is 77.2 cm³/mol. The van der Waals surface area contributed by atoms with Crippen LogP contribution in [-0.2, 0) is 0 Å². The number of halogens is 2. The average molecular weight is 382 g/mol. The van der Waals surface area contributed by atoms with E-state index in [1.165, 1.54) is 6.20 Å². The monoisotopic (exact) mass is 380 g/mol. The van der Waals surface area contributed by atoms with Crippen LogP contribution >= 0.6 is 31.9 Å². The summed E-state index contributed by atoms with van der Waals surface area (Å²) in [5, 5.41) is 0. The zero-order valence-electron chi connectivity index (χ0n) is 9.43. The van der Waals surface area contributed by atoms with Gasteiger partial charge in [0.05, 0.1) is 15.6 Å². The van der Waals surface area contributed by atoms with E-state index in [1.54, 1.807) is 30.3 Å². The lowest BCUT2D eigenvalue weighted by Crippen LogP contribution is -2.30. The van der Waals surface area contributed by atoms with Crippen LogP contribution < -0.4 is 4.90 Å². The normalized spacial score (nSPS) is 13.9. The second-order valence-corrected chi connectivity index (χ2v) is 5.57. The lowest BCUT2D eigenvalue weighted by atomic mass is 10.1. The number of amides is 2. The van der Waals surface area contributed by atoms with Crippen LogP contribution in [0.3, 0.4) is 0 Å². The van der Waals surface area contributed by atoms with Crippen LogP contribution in [0.4, 0.5) is 5.82 Å². The van der Waals surface area contributed by atoms with Gasteiger partial charge in [0.15, 0.2) is 5.82 Å². The lowest BCUT2D eigenvalue weighted by molar-refractivity contribution is 0.0925. The molecule has 1 aromatic heterocycles. The molecule has 0 spiro atoms. The van der Waals surface area contributed by atoms with Crippen molar-refractivity contribution in [2.45, 2.75) is 0 Å². The van der Waals surface area contributed by atoms with Crippen molar-refractivity contribution < 1.29 is 9.59 Å². The van der Waals surface area contributed by atoms with Crippen LogP contribution in [0.2, 0.25) is 0 Å². The van der Waals surface area contributed by atoms with Gasteiger partial charge in [-0.2, -0.15) is 0 Å². The molecule has 1 aromatic carbocycles.